The lowest BCUT2D eigenvalue weighted by molar-refractivity contribution is 0.253. The lowest BCUT2D eigenvalue weighted by atomic mass is 9.78. The molecule has 3 N–H and O–H groups in total. The lowest BCUT2D eigenvalue weighted by Gasteiger charge is -2.35. The van der Waals surface area contributed by atoms with E-state index in [-0.39, 0.29) is 0 Å². The standard InChI is InChI=1S/C12H19BrN4/c1-7-4-3-5-10(8(7)2)16-11-9(13)6-15-12(14)17-11/h6-8,10H,3-5H2,1-2H3,(H3,14,15,16,17). The maximum absolute atomic E-state index is 5.61. The number of hydrogen-bond acceptors (Lipinski definition) is 4. The molecule has 1 saturated carbocycles. The molecule has 5 heteroatoms. The number of nitrogens with zero attached hydrogens (tertiary/aromatic N) is 2. The summed E-state index contributed by atoms with van der Waals surface area (Å²) < 4.78 is 0.872. The molecule has 17 heavy (non-hydrogen) atoms. The van der Waals surface area contributed by atoms with Crippen LogP contribution in [0.2, 0.25) is 0 Å². The van der Waals surface area contributed by atoms with E-state index in [1.54, 1.807) is 6.20 Å². The van der Waals surface area contributed by atoms with Gasteiger partial charge in [-0.2, -0.15) is 4.98 Å². The summed E-state index contributed by atoms with van der Waals surface area (Å²) in [5.41, 5.74) is 5.61. The minimum Gasteiger partial charge on any atom is -0.368 e. The zero-order chi connectivity index (χ0) is 12.4. The lowest BCUT2D eigenvalue weighted by Crippen LogP contribution is -2.35. The predicted molar refractivity (Wildman–Crippen MR) is 73.7 cm³/mol. The van der Waals surface area contributed by atoms with Crippen molar-refractivity contribution in [2.75, 3.05) is 11.1 Å². The molecule has 1 aliphatic carbocycles. The molecule has 0 aromatic carbocycles. The van der Waals surface area contributed by atoms with Crippen LogP contribution in [0, 0.1) is 11.8 Å². The number of hydrogen-bond donors (Lipinski definition) is 2. The maximum Gasteiger partial charge on any atom is 0.221 e. The van der Waals surface area contributed by atoms with E-state index in [1.165, 1.54) is 19.3 Å². The highest BCUT2D eigenvalue weighted by Crippen LogP contribution is 2.32. The van der Waals surface area contributed by atoms with Gasteiger partial charge in [0.15, 0.2) is 0 Å². The van der Waals surface area contributed by atoms with E-state index in [0.717, 1.165) is 16.2 Å². The summed E-state index contributed by atoms with van der Waals surface area (Å²) in [6.07, 6.45) is 5.50. The summed E-state index contributed by atoms with van der Waals surface area (Å²) in [7, 11) is 0. The predicted octanol–water partition coefficient (Wildman–Crippen LogP) is 3.06. The summed E-state index contributed by atoms with van der Waals surface area (Å²) in [5.74, 6) is 2.54. The Balaban J connectivity index is 2.11. The van der Waals surface area contributed by atoms with Crippen LogP contribution in [0.15, 0.2) is 10.7 Å². The number of anilines is 2. The van der Waals surface area contributed by atoms with Crippen LogP contribution in [0.4, 0.5) is 11.8 Å². The molecule has 2 rings (SSSR count). The van der Waals surface area contributed by atoms with E-state index in [1.807, 2.05) is 0 Å². The molecule has 1 aromatic heterocycles. The summed E-state index contributed by atoms with van der Waals surface area (Å²) in [4.78, 5) is 8.18. The summed E-state index contributed by atoms with van der Waals surface area (Å²) >= 11 is 3.45. The van der Waals surface area contributed by atoms with Gasteiger partial charge in [0, 0.05) is 12.2 Å². The van der Waals surface area contributed by atoms with Gasteiger partial charge in [-0.3, -0.25) is 0 Å². The SMILES string of the molecule is CC1CCCC(Nc2nc(N)ncc2Br)C1C. The number of nitrogen functional groups attached to an aromatic ring is 1. The van der Waals surface area contributed by atoms with Crippen molar-refractivity contribution in [3.05, 3.63) is 10.7 Å². The monoisotopic (exact) mass is 298 g/mol. The Hall–Kier alpha value is -0.840. The van der Waals surface area contributed by atoms with Crippen molar-refractivity contribution in [3.8, 4) is 0 Å². The van der Waals surface area contributed by atoms with Crippen molar-refractivity contribution in [1.82, 2.24) is 9.97 Å². The van der Waals surface area contributed by atoms with Gasteiger partial charge in [-0.05, 0) is 34.2 Å². The van der Waals surface area contributed by atoms with Gasteiger partial charge in [0.05, 0.1) is 4.47 Å². The Morgan fingerprint density at radius 2 is 2.18 bits per heavy atom. The van der Waals surface area contributed by atoms with Crippen LogP contribution in [-0.2, 0) is 0 Å². The van der Waals surface area contributed by atoms with Gasteiger partial charge < -0.3 is 11.1 Å². The molecule has 0 aliphatic heterocycles. The van der Waals surface area contributed by atoms with Crippen LogP contribution in [0.3, 0.4) is 0 Å². The molecule has 1 aromatic rings. The molecule has 94 valence electrons. The van der Waals surface area contributed by atoms with Crippen molar-refractivity contribution in [3.63, 3.8) is 0 Å². The van der Waals surface area contributed by atoms with E-state index >= 15 is 0 Å². The van der Waals surface area contributed by atoms with Crippen LogP contribution >= 0.6 is 15.9 Å². The fourth-order valence-electron chi connectivity index (χ4n) is 2.44. The minimum absolute atomic E-state index is 0.312. The number of rotatable bonds is 2. The van der Waals surface area contributed by atoms with E-state index in [2.05, 4.69) is 45.1 Å². The molecule has 0 spiro atoms. The molecular weight excluding hydrogens is 280 g/mol. The van der Waals surface area contributed by atoms with E-state index < -0.39 is 0 Å². The average Bonchev–Trinajstić information content (AvgIpc) is 2.30. The first-order valence-electron chi connectivity index (χ1n) is 6.12. The first kappa shape index (κ1) is 12.6. The second-order valence-corrected chi connectivity index (χ2v) is 5.80. The third kappa shape index (κ3) is 2.89. The molecule has 0 amide bonds. The second kappa shape index (κ2) is 5.21. The second-order valence-electron chi connectivity index (χ2n) is 4.94. The third-order valence-corrected chi connectivity index (χ3v) is 4.37. The van der Waals surface area contributed by atoms with E-state index in [0.29, 0.717) is 17.9 Å². The third-order valence-electron chi connectivity index (χ3n) is 3.79. The highest BCUT2D eigenvalue weighted by Gasteiger charge is 2.27. The first-order chi connectivity index (χ1) is 8.08. The van der Waals surface area contributed by atoms with Gasteiger partial charge in [0.1, 0.15) is 5.82 Å². The molecule has 3 unspecified atom stereocenters. The van der Waals surface area contributed by atoms with Gasteiger partial charge in [-0.1, -0.05) is 26.7 Å². The number of nitrogens with one attached hydrogen (secondary N) is 1. The van der Waals surface area contributed by atoms with Crippen molar-refractivity contribution in [1.29, 1.82) is 0 Å². The largest absolute Gasteiger partial charge is 0.368 e. The number of halogens is 1. The Kier molecular flexibility index (Phi) is 3.86. The fraction of sp³-hybridized carbons (Fsp3) is 0.667. The number of aromatic nitrogens is 2. The Morgan fingerprint density at radius 3 is 2.94 bits per heavy atom. The molecule has 1 heterocycles. The van der Waals surface area contributed by atoms with Gasteiger partial charge >= 0.3 is 0 Å². The highest BCUT2D eigenvalue weighted by atomic mass is 79.9. The van der Waals surface area contributed by atoms with Crippen LogP contribution in [-0.4, -0.2) is 16.0 Å². The summed E-state index contributed by atoms with van der Waals surface area (Å²) in [6.45, 7) is 4.63. The van der Waals surface area contributed by atoms with Crippen molar-refractivity contribution >= 4 is 27.7 Å². The Labute approximate surface area is 111 Å². The molecular formula is C12H19BrN4. The zero-order valence-corrected chi connectivity index (χ0v) is 11.9. The van der Waals surface area contributed by atoms with Crippen molar-refractivity contribution in [2.24, 2.45) is 11.8 Å². The molecule has 0 bridgehead atoms. The van der Waals surface area contributed by atoms with Crippen molar-refractivity contribution in [2.45, 2.75) is 39.2 Å². The quantitative estimate of drug-likeness (QED) is 0.881. The summed E-state index contributed by atoms with van der Waals surface area (Å²) in [6, 6.07) is 0.476. The molecule has 3 atom stereocenters. The van der Waals surface area contributed by atoms with Crippen molar-refractivity contribution < 1.29 is 0 Å². The molecule has 0 radical (unpaired) electrons. The topological polar surface area (TPSA) is 63.8 Å². The zero-order valence-electron chi connectivity index (χ0n) is 10.3. The van der Waals surface area contributed by atoms with Gasteiger partial charge in [-0.15, -0.1) is 0 Å². The fourth-order valence-corrected chi connectivity index (χ4v) is 2.75. The van der Waals surface area contributed by atoms with E-state index in [9.17, 15) is 0 Å². The van der Waals surface area contributed by atoms with Crippen LogP contribution < -0.4 is 11.1 Å². The average molecular weight is 299 g/mol. The van der Waals surface area contributed by atoms with Gasteiger partial charge in [0.25, 0.3) is 0 Å². The molecule has 4 nitrogen and oxygen atoms in total. The van der Waals surface area contributed by atoms with Crippen LogP contribution in [0.5, 0.6) is 0 Å². The molecule has 0 saturated heterocycles. The van der Waals surface area contributed by atoms with E-state index in [4.69, 9.17) is 5.73 Å². The summed E-state index contributed by atoms with van der Waals surface area (Å²) in [5, 5.41) is 3.49. The Bertz CT molecular complexity index is 396. The molecule has 1 fully saturated rings. The van der Waals surface area contributed by atoms with Gasteiger partial charge in [0.2, 0.25) is 5.95 Å². The Morgan fingerprint density at radius 1 is 1.41 bits per heavy atom. The maximum atomic E-state index is 5.61. The van der Waals surface area contributed by atoms with Gasteiger partial charge in [-0.25, -0.2) is 4.98 Å². The van der Waals surface area contributed by atoms with Crippen LogP contribution in [0.1, 0.15) is 33.1 Å². The normalized spacial score (nSPS) is 29.0. The smallest absolute Gasteiger partial charge is 0.221 e. The minimum atomic E-state index is 0.312. The number of nitrogens with two attached hydrogens (primary N) is 1. The first-order valence-corrected chi connectivity index (χ1v) is 6.91. The molecule has 1 aliphatic rings. The van der Waals surface area contributed by atoms with Crippen LogP contribution in [0.25, 0.3) is 0 Å². The highest BCUT2D eigenvalue weighted by molar-refractivity contribution is 9.10.